The molecule has 6 nitrogen and oxygen atoms in total. The Balaban J connectivity index is 0.00000144. The Kier molecular flexibility index (Phi) is 4.05. The van der Waals surface area contributed by atoms with Crippen molar-refractivity contribution in [1.29, 1.82) is 5.26 Å². The second kappa shape index (κ2) is 5.31. The Labute approximate surface area is 108 Å². The van der Waals surface area contributed by atoms with Crippen molar-refractivity contribution >= 4 is 5.97 Å². The summed E-state index contributed by atoms with van der Waals surface area (Å²) in [7, 11) is 0. The van der Waals surface area contributed by atoms with Gasteiger partial charge in [0, 0.05) is 5.56 Å². The Hall–Kier alpha value is -2.08. The number of benzene rings is 1. The number of aromatic carboxylic acids is 1. The molecule has 0 N–H and O–H groups in total. The van der Waals surface area contributed by atoms with Crippen LogP contribution in [0, 0.1) is 11.3 Å². The van der Waals surface area contributed by atoms with Crippen molar-refractivity contribution in [3.05, 3.63) is 35.7 Å². The average molecular weight is 221 g/mol. The number of hydrogen-bond acceptors (Lipinski definition) is 6. The average Bonchev–Trinajstić information content (AvgIpc) is 2.78. The molecule has 0 amide bonds. The van der Waals surface area contributed by atoms with Gasteiger partial charge in [-0.25, -0.2) is 0 Å². The summed E-state index contributed by atoms with van der Waals surface area (Å²) in [6.07, 6.45) is 0. The fourth-order valence-electron chi connectivity index (χ4n) is 1.15. The minimum absolute atomic E-state index is 0. The zero-order valence-corrected chi connectivity index (χ0v) is 8.88. The van der Waals surface area contributed by atoms with Gasteiger partial charge in [0.2, 0.25) is 5.82 Å². The van der Waals surface area contributed by atoms with Crippen LogP contribution in [-0.2, 0) is 0 Å². The van der Waals surface area contributed by atoms with E-state index in [1.807, 2.05) is 6.07 Å². The number of nitriles is 1. The molecule has 78 valence electrons. The Morgan fingerprint density at radius 3 is 2.82 bits per heavy atom. The topological polar surface area (TPSA) is 103 Å². The molecule has 0 spiro atoms. The van der Waals surface area contributed by atoms with Gasteiger partial charge in [0.1, 0.15) is 5.97 Å². The first-order chi connectivity index (χ1) is 7.70. The van der Waals surface area contributed by atoms with E-state index in [1.54, 1.807) is 18.2 Å². The van der Waals surface area contributed by atoms with Crippen LogP contribution in [0.15, 0.2) is 28.8 Å². The van der Waals surface area contributed by atoms with E-state index in [4.69, 9.17) is 9.78 Å². The molecule has 7 heteroatoms. The van der Waals surface area contributed by atoms with Crippen LogP contribution < -0.4 is 24.0 Å². The molecule has 0 bridgehead atoms. The smallest absolute Gasteiger partial charge is 0.541 e. The van der Waals surface area contributed by atoms with Crippen molar-refractivity contribution in [2.45, 2.75) is 0 Å². The number of carboxylic acid groups (broad SMARTS) is 1. The van der Waals surface area contributed by atoms with Crippen LogP contribution in [0.25, 0.3) is 11.5 Å². The number of carboxylic acids is 1. The van der Waals surface area contributed by atoms with E-state index < -0.39 is 11.8 Å². The van der Waals surface area contributed by atoms with E-state index in [2.05, 4.69) is 10.1 Å². The first-order valence-corrected chi connectivity index (χ1v) is 4.26. The molecule has 0 fully saturated rings. The summed E-state index contributed by atoms with van der Waals surface area (Å²) in [6, 6.07) is 8.35. The van der Waals surface area contributed by atoms with Crippen molar-refractivity contribution < 1.29 is 33.3 Å². The second-order valence-electron chi connectivity index (χ2n) is 2.90. The minimum atomic E-state index is -1.51. The van der Waals surface area contributed by atoms with Gasteiger partial charge in [-0.3, -0.25) is 0 Å². The largest absolute Gasteiger partial charge is 1.00 e. The van der Waals surface area contributed by atoms with Crippen molar-refractivity contribution in [3.8, 4) is 17.5 Å². The summed E-state index contributed by atoms with van der Waals surface area (Å²) in [5.74, 6) is -1.99. The summed E-state index contributed by atoms with van der Waals surface area (Å²) in [6.45, 7) is 0. The maximum atomic E-state index is 10.4. The summed E-state index contributed by atoms with van der Waals surface area (Å²) in [4.78, 5) is 14.0. The summed E-state index contributed by atoms with van der Waals surface area (Å²) < 4.78 is 4.72. The standard InChI is InChI=1S/C10H5N3O3.Li/c11-5-6-2-1-3-7(4-6)9-12-8(10(14)15)13-16-9;/h1-4H,(H,14,15);/q;+1/p-1. The quantitative estimate of drug-likeness (QED) is 0.500. The Bertz CT molecular complexity index is 588. The second-order valence-corrected chi connectivity index (χ2v) is 2.90. The third-order valence-electron chi connectivity index (χ3n) is 1.85. The SMILES string of the molecule is N#Cc1cccc(-c2nc(C(=O)[O-])no2)c1.[Li+]. The molecule has 0 unspecified atom stereocenters. The molecule has 0 aliphatic rings. The van der Waals surface area contributed by atoms with E-state index in [0.29, 0.717) is 11.1 Å². The Morgan fingerprint density at radius 1 is 1.47 bits per heavy atom. The number of rotatable bonds is 2. The van der Waals surface area contributed by atoms with Gasteiger partial charge in [0.25, 0.3) is 5.89 Å². The predicted molar refractivity (Wildman–Crippen MR) is 48.8 cm³/mol. The van der Waals surface area contributed by atoms with E-state index in [0.717, 1.165) is 0 Å². The van der Waals surface area contributed by atoms with E-state index >= 15 is 0 Å². The molecule has 0 saturated carbocycles. The van der Waals surface area contributed by atoms with E-state index in [1.165, 1.54) is 6.07 Å². The van der Waals surface area contributed by atoms with Crippen LogP contribution in [0.5, 0.6) is 0 Å². The molecule has 1 heterocycles. The monoisotopic (exact) mass is 221 g/mol. The van der Waals surface area contributed by atoms with Gasteiger partial charge in [-0.15, -0.1) is 0 Å². The summed E-state index contributed by atoms with van der Waals surface area (Å²) in [5.41, 5.74) is 0.907. The van der Waals surface area contributed by atoms with Crippen LogP contribution in [0.2, 0.25) is 0 Å². The zero-order chi connectivity index (χ0) is 11.5. The van der Waals surface area contributed by atoms with Crippen LogP contribution in [0.3, 0.4) is 0 Å². The number of nitrogens with zero attached hydrogens (tertiary/aromatic N) is 3. The molecule has 1 aromatic carbocycles. The van der Waals surface area contributed by atoms with Gasteiger partial charge in [-0.05, 0) is 18.2 Å². The number of aromatic nitrogens is 2. The van der Waals surface area contributed by atoms with Gasteiger partial charge >= 0.3 is 18.9 Å². The number of carbonyl (C=O) groups is 1. The van der Waals surface area contributed by atoms with E-state index in [-0.39, 0.29) is 24.8 Å². The molecule has 0 aliphatic heterocycles. The maximum absolute atomic E-state index is 10.4. The zero-order valence-electron chi connectivity index (χ0n) is 8.88. The van der Waals surface area contributed by atoms with Gasteiger partial charge in [-0.1, -0.05) is 11.2 Å². The maximum Gasteiger partial charge on any atom is 1.00 e. The van der Waals surface area contributed by atoms with Crippen LogP contribution in [0.4, 0.5) is 0 Å². The number of hydrogen-bond donors (Lipinski definition) is 0. The fourth-order valence-corrected chi connectivity index (χ4v) is 1.15. The normalized spacial score (nSPS) is 9.12. The molecular formula is C10H4LiN3O3. The fraction of sp³-hybridized carbons (Fsp3) is 0. The molecule has 0 radical (unpaired) electrons. The van der Waals surface area contributed by atoms with Crippen LogP contribution >= 0.6 is 0 Å². The summed E-state index contributed by atoms with van der Waals surface area (Å²) in [5, 5.41) is 22.3. The van der Waals surface area contributed by atoms with Crippen LogP contribution in [-0.4, -0.2) is 16.1 Å². The molecule has 1 aromatic heterocycles. The van der Waals surface area contributed by atoms with E-state index in [9.17, 15) is 9.90 Å². The van der Waals surface area contributed by atoms with Gasteiger partial charge < -0.3 is 14.4 Å². The van der Waals surface area contributed by atoms with Crippen molar-refractivity contribution in [3.63, 3.8) is 0 Å². The van der Waals surface area contributed by atoms with Crippen LogP contribution in [0.1, 0.15) is 16.2 Å². The van der Waals surface area contributed by atoms with Crippen molar-refractivity contribution in [2.75, 3.05) is 0 Å². The predicted octanol–water partition coefficient (Wildman–Crippen LogP) is -3.02. The summed E-state index contributed by atoms with van der Waals surface area (Å²) >= 11 is 0. The molecule has 0 atom stereocenters. The molecule has 2 rings (SSSR count). The molecular weight excluding hydrogens is 217 g/mol. The molecule has 0 saturated heterocycles. The third-order valence-corrected chi connectivity index (χ3v) is 1.85. The number of carbonyl (C=O) groups excluding carboxylic acids is 1. The van der Waals surface area contributed by atoms with Crippen molar-refractivity contribution in [1.82, 2.24) is 10.1 Å². The first-order valence-electron chi connectivity index (χ1n) is 4.26. The van der Waals surface area contributed by atoms with Gasteiger partial charge in [0.05, 0.1) is 11.6 Å². The van der Waals surface area contributed by atoms with Gasteiger partial charge in [-0.2, -0.15) is 10.2 Å². The van der Waals surface area contributed by atoms with Gasteiger partial charge in [0.15, 0.2) is 0 Å². The first kappa shape index (κ1) is 13.0. The molecule has 2 aromatic rings. The third kappa shape index (κ3) is 2.73. The molecule has 17 heavy (non-hydrogen) atoms. The van der Waals surface area contributed by atoms with Crippen molar-refractivity contribution in [2.24, 2.45) is 0 Å². The Morgan fingerprint density at radius 2 is 2.24 bits per heavy atom. The minimum Gasteiger partial charge on any atom is -0.541 e. The molecule has 0 aliphatic carbocycles.